The van der Waals surface area contributed by atoms with Crippen LogP contribution in [-0.4, -0.2) is 78.0 Å². The lowest BCUT2D eigenvalue weighted by Gasteiger charge is -2.20. The van der Waals surface area contributed by atoms with Crippen LogP contribution in [0, 0.1) is 5.92 Å². The molecule has 1 aliphatic heterocycles. The van der Waals surface area contributed by atoms with Crippen molar-refractivity contribution in [2.24, 2.45) is 16.1 Å². The smallest absolute Gasteiger partial charge is 0.254 e. The molecule has 258 valence electrons. The lowest BCUT2D eigenvalue weighted by Crippen LogP contribution is -2.69. The van der Waals surface area contributed by atoms with Crippen molar-refractivity contribution in [1.29, 1.82) is 0 Å². The number of hydrogen-bond acceptors (Lipinski definition) is 12. The minimum Gasteiger partial charge on any atom is -0.550 e. The average molecular weight is 678 g/mol. The van der Waals surface area contributed by atoms with Gasteiger partial charge in [-0.1, -0.05) is 0 Å². The molecule has 0 fully saturated rings. The van der Waals surface area contributed by atoms with Crippen molar-refractivity contribution >= 4 is 70.1 Å². The van der Waals surface area contributed by atoms with Gasteiger partial charge in [0, 0.05) is 48.3 Å². The average Bonchev–Trinajstić information content (AvgIpc) is 3.38. The van der Waals surface area contributed by atoms with Crippen molar-refractivity contribution < 1.29 is 54.3 Å². The van der Waals surface area contributed by atoms with Crippen LogP contribution in [0.2, 0.25) is 0 Å². The van der Waals surface area contributed by atoms with Crippen LogP contribution in [0.25, 0.3) is 0 Å². The van der Waals surface area contributed by atoms with Crippen molar-refractivity contribution in [3.63, 3.8) is 0 Å². The number of nitrogens with one attached hydrogen (secondary N) is 4. The Morgan fingerprint density at radius 1 is 0.694 bits per heavy atom. The topological polar surface area (TPSA) is 286 Å². The van der Waals surface area contributed by atoms with Gasteiger partial charge in [-0.2, -0.15) is 10.2 Å². The Kier molecular flexibility index (Phi) is 13.8. The van der Waals surface area contributed by atoms with Crippen molar-refractivity contribution in [3.8, 4) is 0 Å². The summed E-state index contributed by atoms with van der Waals surface area (Å²) in [6, 6.07) is 11.4. The van der Waals surface area contributed by atoms with Gasteiger partial charge in [0.15, 0.2) is 0 Å². The third kappa shape index (κ3) is 12.8. The lowest BCUT2D eigenvalue weighted by molar-refractivity contribution is -0.440. The quantitative estimate of drug-likeness (QED) is 0.0811. The standard InChI is InChI=1S/C31H34N8O10/c32-23(31(48)49)14-18(30(46)47)2-1-3-24(40)33-15-25(41)34-16-26(42)35-19-4-8-21(9-5-19)37-38-22-10-6-20(7-11-22)36-27(43)17-39-28(44)12-13-29(39)45/h4-13,18,23H,1-3,14-17,32H2,(H,33,40)(H,34,41)(H,35,42)(H,36,43)(H,46,47)(H,48,49)/p-1/t18?,23-/m0/s1. The number of amides is 6. The van der Waals surface area contributed by atoms with Crippen LogP contribution in [0.15, 0.2) is 70.9 Å². The third-order valence-electron chi connectivity index (χ3n) is 6.87. The summed E-state index contributed by atoms with van der Waals surface area (Å²) in [5.41, 5.74) is 5.09. The van der Waals surface area contributed by atoms with E-state index in [2.05, 4.69) is 37.2 Å². The number of carbonyl (C=O) groups is 8. The van der Waals surface area contributed by atoms with Gasteiger partial charge in [-0.05, 0) is 61.4 Å². The molecule has 0 aromatic heterocycles. The van der Waals surface area contributed by atoms with Crippen LogP contribution in [-0.2, 0) is 38.4 Å². The molecule has 0 aliphatic carbocycles. The monoisotopic (exact) mass is 677 g/mol. The van der Waals surface area contributed by atoms with Gasteiger partial charge in [-0.25, -0.2) is 0 Å². The summed E-state index contributed by atoms with van der Waals surface area (Å²) < 4.78 is 0. The highest BCUT2D eigenvalue weighted by Gasteiger charge is 2.25. The highest BCUT2D eigenvalue weighted by Crippen LogP contribution is 2.22. The number of benzene rings is 2. The Labute approximate surface area is 278 Å². The number of carbonyl (C=O) groups excluding carboxylic acids is 8. The summed E-state index contributed by atoms with van der Waals surface area (Å²) >= 11 is 0. The van der Waals surface area contributed by atoms with E-state index in [1.54, 1.807) is 48.5 Å². The predicted molar refractivity (Wildman–Crippen MR) is 165 cm³/mol. The number of quaternary nitrogens is 1. The summed E-state index contributed by atoms with van der Waals surface area (Å²) in [5, 5.41) is 40.1. The van der Waals surface area contributed by atoms with Gasteiger partial charge in [0.25, 0.3) is 11.8 Å². The molecule has 49 heavy (non-hydrogen) atoms. The number of azo groups is 1. The molecule has 0 spiro atoms. The summed E-state index contributed by atoms with van der Waals surface area (Å²) in [7, 11) is 0. The number of imide groups is 1. The minimum absolute atomic E-state index is 0.0167. The van der Waals surface area contributed by atoms with Gasteiger partial charge < -0.3 is 46.8 Å². The Bertz CT molecular complexity index is 1620. The molecular formula is C31H33N8O10-. The van der Waals surface area contributed by atoms with E-state index in [-0.39, 0.29) is 32.2 Å². The second kappa shape index (κ2) is 18.1. The SMILES string of the molecule is [NH3+][C@@H](CC(CCCC(=O)NCC(=O)NCC(=O)Nc1ccc(N=Nc2ccc(NC(=O)CN3C(=O)C=CC3=O)cc2)cc1)C(=O)[O-])C(=O)[O-]. The van der Waals surface area contributed by atoms with E-state index in [0.717, 1.165) is 17.1 Å². The molecule has 0 saturated heterocycles. The summed E-state index contributed by atoms with van der Waals surface area (Å²) in [6.07, 6.45) is 1.88. The first-order valence-electron chi connectivity index (χ1n) is 14.8. The molecule has 2 aromatic rings. The molecule has 0 bridgehead atoms. The molecule has 6 amide bonds. The normalized spacial score (nSPS) is 13.5. The first-order valence-corrected chi connectivity index (χ1v) is 14.8. The van der Waals surface area contributed by atoms with E-state index in [9.17, 15) is 48.6 Å². The van der Waals surface area contributed by atoms with Crippen molar-refractivity contribution in [2.75, 3.05) is 30.3 Å². The Morgan fingerprint density at radius 3 is 1.69 bits per heavy atom. The van der Waals surface area contributed by atoms with Gasteiger partial charge in [-0.3, -0.25) is 33.7 Å². The molecule has 18 nitrogen and oxygen atoms in total. The van der Waals surface area contributed by atoms with Gasteiger partial charge in [0.05, 0.1) is 30.4 Å². The molecule has 3 rings (SSSR count). The van der Waals surface area contributed by atoms with E-state index in [0.29, 0.717) is 22.7 Å². The lowest BCUT2D eigenvalue weighted by atomic mass is 9.94. The maximum Gasteiger partial charge on any atom is 0.254 e. The number of hydrogen-bond donors (Lipinski definition) is 5. The van der Waals surface area contributed by atoms with Crippen LogP contribution in [0.4, 0.5) is 22.7 Å². The number of nitrogens with zero attached hydrogens (tertiary/aromatic N) is 3. The second-order valence-electron chi connectivity index (χ2n) is 10.7. The molecule has 1 aliphatic rings. The van der Waals surface area contributed by atoms with E-state index in [4.69, 9.17) is 0 Å². The first-order chi connectivity index (χ1) is 23.3. The predicted octanol–water partition coefficient (Wildman–Crippen LogP) is -2.58. The van der Waals surface area contributed by atoms with E-state index in [1.165, 1.54) is 0 Å². The first kappa shape index (κ1) is 37.2. The maximum atomic E-state index is 12.2. The number of carboxylic acid groups (broad SMARTS) is 2. The zero-order valence-electron chi connectivity index (χ0n) is 26.0. The zero-order valence-corrected chi connectivity index (χ0v) is 26.0. The Morgan fingerprint density at radius 2 is 1.18 bits per heavy atom. The summed E-state index contributed by atoms with van der Waals surface area (Å²) in [4.78, 5) is 94.3. The van der Waals surface area contributed by atoms with Crippen LogP contribution < -0.4 is 37.2 Å². The molecule has 1 heterocycles. The second-order valence-corrected chi connectivity index (χ2v) is 10.7. The molecule has 0 saturated carbocycles. The fraction of sp³-hybridized carbons (Fsp3) is 0.290. The minimum atomic E-state index is -1.48. The molecule has 2 atom stereocenters. The van der Waals surface area contributed by atoms with Gasteiger partial charge in [-0.15, -0.1) is 0 Å². The molecule has 1 unspecified atom stereocenters. The van der Waals surface area contributed by atoms with Crippen LogP contribution in [0.3, 0.4) is 0 Å². The fourth-order valence-electron chi connectivity index (χ4n) is 4.26. The van der Waals surface area contributed by atoms with E-state index in [1.807, 2.05) is 0 Å². The number of aliphatic carboxylic acids is 2. The number of anilines is 2. The number of rotatable bonds is 18. The molecule has 2 aromatic carbocycles. The van der Waals surface area contributed by atoms with Crippen molar-refractivity contribution in [2.45, 2.75) is 31.7 Å². The highest BCUT2D eigenvalue weighted by molar-refractivity contribution is 6.15. The van der Waals surface area contributed by atoms with E-state index < -0.39 is 72.4 Å². The number of carboxylic acids is 2. The van der Waals surface area contributed by atoms with Gasteiger partial charge in [0.2, 0.25) is 23.6 Å². The van der Waals surface area contributed by atoms with E-state index >= 15 is 0 Å². The molecule has 18 heteroatoms. The molecular weight excluding hydrogens is 644 g/mol. The molecule has 0 radical (unpaired) electrons. The highest BCUT2D eigenvalue weighted by atomic mass is 16.4. The zero-order chi connectivity index (χ0) is 35.9. The Balaban J connectivity index is 1.33. The third-order valence-corrected chi connectivity index (χ3v) is 6.87. The van der Waals surface area contributed by atoms with Crippen molar-refractivity contribution in [3.05, 3.63) is 60.7 Å². The largest absolute Gasteiger partial charge is 0.550 e. The summed E-state index contributed by atoms with van der Waals surface area (Å²) in [6.45, 7) is -1.20. The Hall–Kier alpha value is -6.30. The van der Waals surface area contributed by atoms with Crippen molar-refractivity contribution in [1.82, 2.24) is 15.5 Å². The van der Waals surface area contributed by atoms with Gasteiger partial charge in [0.1, 0.15) is 12.6 Å². The van der Waals surface area contributed by atoms with Crippen LogP contribution in [0.5, 0.6) is 0 Å². The summed E-state index contributed by atoms with van der Waals surface area (Å²) in [5.74, 6) is -7.41. The van der Waals surface area contributed by atoms with Crippen LogP contribution in [0.1, 0.15) is 25.7 Å². The fourth-order valence-corrected chi connectivity index (χ4v) is 4.26. The van der Waals surface area contributed by atoms with Crippen LogP contribution >= 0.6 is 0 Å². The maximum absolute atomic E-state index is 12.2. The molecule has 7 N–H and O–H groups in total. The van der Waals surface area contributed by atoms with Gasteiger partial charge >= 0.3 is 0 Å².